The van der Waals surface area contributed by atoms with Crippen LogP contribution in [-0.2, 0) is 0 Å². The first-order valence-corrected chi connectivity index (χ1v) is 3.37. The molecule has 3 nitrogen and oxygen atoms in total. The zero-order valence-electron chi connectivity index (χ0n) is 6.36. The van der Waals surface area contributed by atoms with Crippen molar-refractivity contribution in [1.29, 1.82) is 0 Å². The summed E-state index contributed by atoms with van der Waals surface area (Å²) in [7, 11) is 0. The molecule has 3 heteroatoms. The van der Waals surface area contributed by atoms with E-state index in [9.17, 15) is 0 Å². The highest BCUT2D eigenvalue weighted by molar-refractivity contribution is 5.46. The van der Waals surface area contributed by atoms with Gasteiger partial charge in [-0.1, -0.05) is 0 Å². The molecule has 11 heavy (non-hydrogen) atoms. The second kappa shape index (κ2) is 3.83. The van der Waals surface area contributed by atoms with Gasteiger partial charge in [-0.25, -0.2) is 0 Å². The van der Waals surface area contributed by atoms with Gasteiger partial charge in [-0.15, -0.1) is 0 Å². The van der Waals surface area contributed by atoms with Crippen LogP contribution >= 0.6 is 0 Å². The molecular weight excluding hydrogens is 140 g/mol. The van der Waals surface area contributed by atoms with E-state index >= 15 is 0 Å². The van der Waals surface area contributed by atoms with E-state index in [-0.39, 0.29) is 6.61 Å². The first kappa shape index (κ1) is 7.88. The van der Waals surface area contributed by atoms with Crippen LogP contribution in [0.5, 0.6) is 0 Å². The maximum absolute atomic E-state index is 8.68. The lowest BCUT2D eigenvalue weighted by atomic mass is 10.2. The normalized spacial score (nSPS) is 11.6. The summed E-state index contributed by atoms with van der Waals surface area (Å²) in [6.45, 7) is 1.91. The summed E-state index contributed by atoms with van der Waals surface area (Å²) in [5.74, 6) is 0. The van der Waals surface area contributed by atoms with E-state index in [0.29, 0.717) is 0 Å². The Morgan fingerprint density at radius 2 is 2.45 bits per heavy atom. The second-order valence-electron chi connectivity index (χ2n) is 2.28. The Balaban J connectivity index is 2.79. The molecule has 58 valence electrons. The molecule has 0 bridgehead atoms. The minimum Gasteiger partial charge on any atom is -0.392 e. The van der Waals surface area contributed by atoms with Crippen LogP contribution in [0.4, 0.5) is 0 Å². The summed E-state index contributed by atoms with van der Waals surface area (Å²) >= 11 is 0. The number of hydrogen-bond acceptors (Lipinski definition) is 3. The molecule has 0 fully saturated rings. The van der Waals surface area contributed by atoms with Crippen molar-refractivity contribution in [1.82, 2.24) is 9.97 Å². The van der Waals surface area contributed by atoms with Crippen molar-refractivity contribution >= 4 is 6.08 Å². The third-order valence-electron chi connectivity index (χ3n) is 1.23. The van der Waals surface area contributed by atoms with Crippen LogP contribution < -0.4 is 0 Å². The lowest BCUT2D eigenvalue weighted by Gasteiger charge is -1.93. The maximum Gasteiger partial charge on any atom is 0.0813 e. The summed E-state index contributed by atoms with van der Waals surface area (Å²) < 4.78 is 0. The fourth-order valence-corrected chi connectivity index (χ4v) is 0.683. The first-order valence-electron chi connectivity index (χ1n) is 3.37. The molecule has 1 aromatic heterocycles. The quantitative estimate of drug-likeness (QED) is 0.680. The molecule has 0 saturated heterocycles. The van der Waals surface area contributed by atoms with Gasteiger partial charge in [0.1, 0.15) is 0 Å². The molecule has 0 radical (unpaired) electrons. The Morgan fingerprint density at radius 1 is 1.64 bits per heavy atom. The average Bonchev–Trinajstić information content (AvgIpc) is 2.06. The van der Waals surface area contributed by atoms with Crippen molar-refractivity contribution < 1.29 is 5.11 Å². The lowest BCUT2D eigenvalue weighted by Crippen LogP contribution is -1.86. The minimum absolute atomic E-state index is 0.0660. The largest absolute Gasteiger partial charge is 0.392 e. The number of rotatable bonds is 2. The smallest absolute Gasteiger partial charge is 0.0813 e. The summed E-state index contributed by atoms with van der Waals surface area (Å²) in [5, 5.41) is 8.68. The van der Waals surface area contributed by atoms with Gasteiger partial charge in [-0.3, -0.25) is 9.97 Å². The number of aliphatic hydroxyl groups is 1. The number of hydrogen-bond donors (Lipinski definition) is 1. The van der Waals surface area contributed by atoms with Crippen LogP contribution in [0.15, 0.2) is 24.2 Å². The van der Waals surface area contributed by atoms with E-state index in [1.165, 1.54) is 0 Å². The molecule has 1 aromatic rings. The zero-order chi connectivity index (χ0) is 8.10. The molecule has 0 spiro atoms. The third kappa shape index (κ3) is 2.47. The Labute approximate surface area is 65.4 Å². The van der Waals surface area contributed by atoms with E-state index in [4.69, 9.17) is 5.11 Å². The van der Waals surface area contributed by atoms with Crippen LogP contribution in [0, 0.1) is 0 Å². The molecular formula is C8H10N2O. The van der Waals surface area contributed by atoms with Gasteiger partial charge in [0.25, 0.3) is 0 Å². The molecule has 1 N–H and O–H groups in total. The highest BCUT2D eigenvalue weighted by Crippen LogP contribution is 1.99. The molecule has 0 saturated carbocycles. The molecule has 0 unspecified atom stereocenters. The summed E-state index contributed by atoms with van der Waals surface area (Å²) in [6, 6.07) is 0. The Kier molecular flexibility index (Phi) is 2.74. The molecule has 0 aliphatic heterocycles. The predicted molar refractivity (Wildman–Crippen MR) is 42.8 cm³/mol. The van der Waals surface area contributed by atoms with Gasteiger partial charge in [0.15, 0.2) is 0 Å². The zero-order valence-corrected chi connectivity index (χ0v) is 6.36. The maximum atomic E-state index is 8.68. The van der Waals surface area contributed by atoms with Crippen LogP contribution in [0.1, 0.15) is 12.6 Å². The average molecular weight is 150 g/mol. The van der Waals surface area contributed by atoms with E-state index in [1.807, 2.05) is 6.92 Å². The van der Waals surface area contributed by atoms with Gasteiger partial charge in [0, 0.05) is 12.4 Å². The topological polar surface area (TPSA) is 46.0 Å². The summed E-state index contributed by atoms with van der Waals surface area (Å²) in [4.78, 5) is 7.90. The monoisotopic (exact) mass is 150 g/mol. The fourth-order valence-electron chi connectivity index (χ4n) is 0.683. The summed E-state index contributed by atoms with van der Waals surface area (Å²) in [5.41, 5.74) is 1.66. The van der Waals surface area contributed by atoms with Gasteiger partial charge < -0.3 is 5.11 Å². The van der Waals surface area contributed by atoms with Gasteiger partial charge in [0.05, 0.1) is 18.5 Å². The van der Waals surface area contributed by atoms with E-state index in [2.05, 4.69) is 9.97 Å². The number of aromatic nitrogens is 2. The van der Waals surface area contributed by atoms with E-state index < -0.39 is 0 Å². The number of nitrogens with zero attached hydrogens (tertiary/aromatic N) is 2. The SMILES string of the molecule is C/C(=C/c1cnccn1)CO. The van der Waals surface area contributed by atoms with Gasteiger partial charge >= 0.3 is 0 Å². The molecule has 1 heterocycles. The lowest BCUT2D eigenvalue weighted by molar-refractivity contribution is 0.332. The standard InChI is InChI=1S/C8H10N2O/c1-7(6-11)4-8-5-9-2-3-10-8/h2-5,11H,6H2,1H3/b7-4-. The minimum atomic E-state index is 0.0660. The van der Waals surface area contributed by atoms with Crippen molar-refractivity contribution in [3.8, 4) is 0 Å². The van der Waals surface area contributed by atoms with E-state index in [1.54, 1.807) is 24.7 Å². The predicted octanol–water partition coefficient (Wildman–Crippen LogP) is 0.872. The first-order chi connectivity index (χ1) is 5.33. The van der Waals surface area contributed by atoms with Crippen molar-refractivity contribution in [2.75, 3.05) is 6.61 Å². The van der Waals surface area contributed by atoms with Crippen molar-refractivity contribution in [3.05, 3.63) is 29.9 Å². The van der Waals surface area contributed by atoms with E-state index in [0.717, 1.165) is 11.3 Å². The van der Waals surface area contributed by atoms with Crippen molar-refractivity contribution in [2.24, 2.45) is 0 Å². The van der Waals surface area contributed by atoms with Gasteiger partial charge in [-0.05, 0) is 18.6 Å². The highest BCUT2D eigenvalue weighted by atomic mass is 16.3. The van der Waals surface area contributed by atoms with Crippen molar-refractivity contribution in [2.45, 2.75) is 6.92 Å². The third-order valence-corrected chi connectivity index (χ3v) is 1.23. The number of aliphatic hydroxyl groups excluding tert-OH is 1. The Bertz CT molecular complexity index is 244. The molecule has 0 aliphatic carbocycles. The molecule has 0 aromatic carbocycles. The van der Waals surface area contributed by atoms with Crippen LogP contribution in [0.3, 0.4) is 0 Å². The van der Waals surface area contributed by atoms with Crippen molar-refractivity contribution in [3.63, 3.8) is 0 Å². The van der Waals surface area contributed by atoms with Gasteiger partial charge in [0.2, 0.25) is 0 Å². The fraction of sp³-hybridized carbons (Fsp3) is 0.250. The Hall–Kier alpha value is -1.22. The Morgan fingerprint density at radius 3 is 3.00 bits per heavy atom. The van der Waals surface area contributed by atoms with Crippen LogP contribution in [0.25, 0.3) is 6.08 Å². The summed E-state index contributed by atoms with van der Waals surface area (Å²) in [6.07, 6.45) is 6.69. The van der Waals surface area contributed by atoms with Crippen LogP contribution in [-0.4, -0.2) is 21.7 Å². The molecule has 0 aliphatic rings. The highest BCUT2D eigenvalue weighted by Gasteiger charge is 1.88. The second-order valence-corrected chi connectivity index (χ2v) is 2.28. The van der Waals surface area contributed by atoms with Crippen LogP contribution in [0.2, 0.25) is 0 Å². The molecule has 1 rings (SSSR count). The molecule has 0 amide bonds. The van der Waals surface area contributed by atoms with Gasteiger partial charge in [-0.2, -0.15) is 0 Å². The molecule has 0 atom stereocenters.